The fourth-order valence-electron chi connectivity index (χ4n) is 2.13. The van der Waals surface area contributed by atoms with E-state index >= 15 is 0 Å². The van der Waals surface area contributed by atoms with E-state index < -0.39 is 4.92 Å². The number of oxazole rings is 1. The summed E-state index contributed by atoms with van der Waals surface area (Å²) in [5, 5.41) is 14.1. The molecule has 0 amide bonds. The van der Waals surface area contributed by atoms with Gasteiger partial charge in [-0.1, -0.05) is 0 Å². The summed E-state index contributed by atoms with van der Waals surface area (Å²) in [4.78, 5) is 14.8. The first-order valence-corrected chi connectivity index (χ1v) is 6.14. The summed E-state index contributed by atoms with van der Waals surface area (Å²) in [5.41, 5.74) is 0.712. The van der Waals surface area contributed by atoms with Gasteiger partial charge < -0.3 is 19.2 Å². The highest BCUT2D eigenvalue weighted by Gasteiger charge is 2.24. The molecule has 2 heterocycles. The molecule has 0 saturated carbocycles. The average Bonchev–Trinajstić information content (AvgIpc) is 2.89. The lowest BCUT2D eigenvalue weighted by Gasteiger charge is -2.20. The Hall–Kier alpha value is -2.19. The summed E-state index contributed by atoms with van der Waals surface area (Å²) in [6.07, 6.45) is -0.277. The van der Waals surface area contributed by atoms with Crippen molar-refractivity contribution in [3.8, 4) is 5.75 Å². The fraction of sp³-hybridized carbons (Fsp3) is 0.417. The summed E-state index contributed by atoms with van der Waals surface area (Å²) >= 11 is 0. The van der Waals surface area contributed by atoms with Crippen LogP contribution in [0.3, 0.4) is 0 Å². The van der Waals surface area contributed by atoms with Crippen LogP contribution in [-0.4, -0.2) is 36.7 Å². The van der Waals surface area contributed by atoms with Crippen molar-refractivity contribution in [2.24, 2.45) is 0 Å². The molecule has 1 N–H and O–H groups in total. The molecule has 20 heavy (non-hydrogen) atoms. The van der Waals surface area contributed by atoms with Crippen LogP contribution < -0.4 is 10.1 Å². The molecule has 0 aliphatic carbocycles. The zero-order valence-electron chi connectivity index (χ0n) is 10.8. The Bertz CT molecular complexity index is 648. The monoisotopic (exact) mass is 279 g/mol. The Balaban J connectivity index is 2.03. The maximum atomic E-state index is 11.0. The molecule has 8 nitrogen and oxygen atoms in total. The summed E-state index contributed by atoms with van der Waals surface area (Å²) in [6.45, 7) is 1.97. The van der Waals surface area contributed by atoms with Crippen molar-refractivity contribution < 1.29 is 18.8 Å². The number of nitrogens with zero attached hydrogens (tertiary/aromatic N) is 2. The summed E-state index contributed by atoms with van der Waals surface area (Å²) in [7, 11) is 1.38. The van der Waals surface area contributed by atoms with Crippen LogP contribution in [0.5, 0.6) is 5.75 Å². The van der Waals surface area contributed by atoms with Gasteiger partial charge in [-0.2, -0.15) is 0 Å². The molecule has 3 rings (SSSR count). The number of nitrogens with one attached hydrogen (secondary N) is 1. The number of morpholine rings is 1. The van der Waals surface area contributed by atoms with Crippen LogP contribution >= 0.6 is 0 Å². The van der Waals surface area contributed by atoms with Crippen LogP contribution in [0.15, 0.2) is 16.5 Å². The molecule has 1 atom stereocenters. The van der Waals surface area contributed by atoms with E-state index in [1.165, 1.54) is 19.2 Å². The Kier molecular flexibility index (Phi) is 3.25. The van der Waals surface area contributed by atoms with Crippen LogP contribution in [0.1, 0.15) is 12.0 Å². The number of rotatable bonds is 3. The van der Waals surface area contributed by atoms with Crippen molar-refractivity contribution in [1.29, 1.82) is 0 Å². The minimum absolute atomic E-state index is 0.148. The molecular formula is C12H13N3O5. The van der Waals surface area contributed by atoms with E-state index in [0.717, 1.165) is 6.54 Å². The second-order valence-electron chi connectivity index (χ2n) is 4.36. The van der Waals surface area contributed by atoms with E-state index in [2.05, 4.69) is 10.3 Å². The van der Waals surface area contributed by atoms with E-state index in [4.69, 9.17) is 13.9 Å². The van der Waals surface area contributed by atoms with Gasteiger partial charge in [0.1, 0.15) is 11.6 Å². The smallest absolute Gasteiger partial charge is 0.314 e. The van der Waals surface area contributed by atoms with E-state index in [0.29, 0.717) is 30.1 Å². The number of benzene rings is 1. The average molecular weight is 279 g/mol. The molecular weight excluding hydrogens is 266 g/mol. The van der Waals surface area contributed by atoms with Crippen molar-refractivity contribution in [3.05, 3.63) is 28.1 Å². The SMILES string of the molecule is COc1cc2nc(C3CNCCO3)oc2cc1[N+](=O)[O-]. The van der Waals surface area contributed by atoms with Gasteiger partial charge in [0.05, 0.1) is 24.7 Å². The number of aromatic nitrogens is 1. The molecule has 1 unspecified atom stereocenters. The molecule has 1 fully saturated rings. The second kappa shape index (κ2) is 5.06. The largest absolute Gasteiger partial charge is 0.490 e. The third-order valence-electron chi connectivity index (χ3n) is 3.11. The molecule has 1 aromatic carbocycles. The Labute approximate surface area is 113 Å². The van der Waals surface area contributed by atoms with Crippen LogP contribution in [0.25, 0.3) is 11.1 Å². The lowest BCUT2D eigenvalue weighted by Crippen LogP contribution is -2.33. The maximum Gasteiger partial charge on any atom is 0.314 e. The molecule has 1 aliphatic heterocycles. The standard InChI is InChI=1S/C12H13N3O5/c1-18-10-4-7-9(5-8(10)15(16)17)20-12(14-7)11-6-13-2-3-19-11/h4-5,11,13H,2-3,6H2,1H3. The zero-order valence-corrected chi connectivity index (χ0v) is 10.8. The molecule has 1 aliphatic rings. The van der Waals surface area contributed by atoms with Crippen molar-refractivity contribution >= 4 is 16.8 Å². The normalized spacial score (nSPS) is 19.1. The van der Waals surface area contributed by atoms with Gasteiger partial charge in [0.2, 0.25) is 5.89 Å². The number of hydrogen-bond acceptors (Lipinski definition) is 7. The van der Waals surface area contributed by atoms with Crippen molar-refractivity contribution in [2.45, 2.75) is 6.10 Å². The number of nitro groups is 1. The van der Waals surface area contributed by atoms with Crippen LogP contribution in [0.2, 0.25) is 0 Å². The van der Waals surface area contributed by atoms with Gasteiger partial charge in [-0.25, -0.2) is 4.98 Å². The van der Waals surface area contributed by atoms with E-state index in [-0.39, 0.29) is 17.5 Å². The number of nitro benzene ring substituents is 1. The Morgan fingerprint density at radius 3 is 3.05 bits per heavy atom. The molecule has 2 aromatic rings. The summed E-state index contributed by atoms with van der Waals surface area (Å²) in [5.74, 6) is 0.569. The minimum atomic E-state index is -0.515. The van der Waals surface area contributed by atoms with Gasteiger partial charge in [0, 0.05) is 19.2 Å². The lowest BCUT2D eigenvalue weighted by atomic mass is 10.2. The number of methoxy groups -OCH3 is 1. The second-order valence-corrected chi connectivity index (χ2v) is 4.36. The first-order valence-electron chi connectivity index (χ1n) is 6.14. The van der Waals surface area contributed by atoms with Gasteiger partial charge in [-0.3, -0.25) is 10.1 Å². The number of ether oxygens (including phenoxy) is 2. The lowest BCUT2D eigenvalue weighted by molar-refractivity contribution is -0.385. The van der Waals surface area contributed by atoms with Gasteiger partial charge in [-0.15, -0.1) is 0 Å². The number of hydrogen-bond donors (Lipinski definition) is 1. The molecule has 0 spiro atoms. The van der Waals surface area contributed by atoms with Crippen molar-refractivity contribution in [2.75, 3.05) is 26.8 Å². The maximum absolute atomic E-state index is 11.0. The van der Waals surface area contributed by atoms with Crippen molar-refractivity contribution in [3.63, 3.8) is 0 Å². The molecule has 106 valence electrons. The van der Waals surface area contributed by atoms with Crippen LogP contribution in [0, 0.1) is 10.1 Å². The van der Waals surface area contributed by atoms with Crippen LogP contribution in [0.4, 0.5) is 5.69 Å². The molecule has 1 aromatic heterocycles. The summed E-state index contributed by atoms with van der Waals surface area (Å²) < 4.78 is 16.1. The topological polar surface area (TPSA) is 99.7 Å². The van der Waals surface area contributed by atoms with Gasteiger partial charge >= 0.3 is 5.69 Å². The van der Waals surface area contributed by atoms with Crippen LogP contribution in [-0.2, 0) is 4.74 Å². The Morgan fingerprint density at radius 2 is 2.40 bits per heavy atom. The zero-order chi connectivity index (χ0) is 14.1. The third kappa shape index (κ3) is 2.19. The highest BCUT2D eigenvalue weighted by atomic mass is 16.6. The molecule has 8 heteroatoms. The molecule has 0 bridgehead atoms. The molecule has 0 radical (unpaired) electrons. The predicted octanol–water partition coefficient (Wildman–Crippen LogP) is 1.41. The van der Waals surface area contributed by atoms with E-state index in [1.807, 2.05) is 0 Å². The first kappa shape index (κ1) is 12.8. The number of fused-ring (bicyclic) bond motifs is 1. The van der Waals surface area contributed by atoms with Gasteiger partial charge in [0.15, 0.2) is 11.3 Å². The van der Waals surface area contributed by atoms with Gasteiger partial charge in [-0.05, 0) is 0 Å². The van der Waals surface area contributed by atoms with Crippen molar-refractivity contribution in [1.82, 2.24) is 10.3 Å². The Morgan fingerprint density at radius 1 is 1.55 bits per heavy atom. The summed E-state index contributed by atoms with van der Waals surface area (Å²) in [6, 6.07) is 2.82. The highest BCUT2D eigenvalue weighted by molar-refractivity contribution is 5.79. The molecule has 1 saturated heterocycles. The predicted molar refractivity (Wildman–Crippen MR) is 68.8 cm³/mol. The quantitative estimate of drug-likeness (QED) is 0.669. The van der Waals surface area contributed by atoms with Gasteiger partial charge in [0.25, 0.3) is 0 Å². The fourth-order valence-corrected chi connectivity index (χ4v) is 2.13. The highest BCUT2D eigenvalue weighted by Crippen LogP contribution is 2.33. The van der Waals surface area contributed by atoms with E-state index in [9.17, 15) is 10.1 Å². The first-order chi connectivity index (χ1) is 9.69. The minimum Gasteiger partial charge on any atom is -0.490 e. The van der Waals surface area contributed by atoms with E-state index in [1.54, 1.807) is 0 Å². The third-order valence-corrected chi connectivity index (χ3v) is 3.11.